The van der Waals surface area contributed by atoms with Crippen molar-refractivity contribution in [3.05, 3.63) is 41.0 Å². The van der Waals surface area contributed by atoms with E-state index in [-0.39, 0.29) is 38.1 Å². The zero-order valence-electron chi connectivity index (χ0n) is 24.2. The summed E-state index contributed by atoms with van der Waals surface area (Å²) >= 11 is 1.58. The summed E-state index contributed by atoms with van der Waals surface area (Å²) in [6, 6.07) is 5.87. The highest BCUT2D eigenvalue weighted by atomic mass is 32.1. The van der Waals surface area contributed by atoms with Gasteiger partial charge in [-0.25, -0.2) is 4.98 Å². The van der Waals surface area contributed by atoms with Crippen LogP contribution in [0.5, 0.6) is 0 Å². The fourth-order valence-electron chi connectivity index (χ4n) is 4.65. The van der Waals surface area contributed by atoms with E-state index in [9.17, 15) is 19.5 Å². The van der Waals surface area contributed by atoms with E-state index in [4.69, 9.17) is 9.47 Å². The van der Waals surface area contributed by atoms with Crippen molar-refractivity contribution in [2.75, 3.05) is 33.0 Å². The number of carbonyl (C=O) groups excluding carboxylic acids is 3. The molecule has 10 nitrogen and oxygen atoms in total. The zero-order valence-corrected chi connectivity index (χ0v) is 25.0. The first kappa shape index (κ1) is 31.7. The van der Waals surface area contributed by atoms with Crippen LogP contribution in [-0.2, 0) is 23.9 Å². The Labute approximate surface area is 240 Å². The summed E-state index contributed by atoms with van der Waals surface area (Å²) in [5.74, 6) is -1.20. The fraction of sp³-hybridized carbons (Fsp3) is 0.586. The maximum atomic E-state index is 13.7. The topological polar surface area (TPSA) is 130 Å². The van der Waals surface area contributed by atoms with Crippen LogP contribution < -0.4 is 10.6 Å². The lowest BCUT2D eigenvalue weighted by molar-refractivity contribution is -0.144. The molecule has 11 heteroatoms. The summed E-state index contributed by atoms with van der Waals surface area (Å²) in [6.07, 6.45) is -0.714. The molecule has 0 unspecified atom stereocenters. The van der Waals surface area contributed by atoms with Crippen molar-refractivity contribution in [1.82, 2.24) is 20.5 Å². The molecule has 3 N–H and O–H groups in total. The highest BCUT2D eigenvalue weighted by Crippen LogP contribution is 2.29. The van der Waals surface area contributed by atoms with Crippen molar-refractivity contribution >= 4 is 29.1 Å². The fourth-order valence-corrected chi connectivity index (χ4v) is 5.46. The Morgan fingerprint density at radius 1 is 1.15 bits per heavy atom. The molecule has 1 saturated heterocycles. The maximum absolute atomic E-state index is 13.7. The van der Waals surface area contributed by atoms with Crippen molar-refractivity contribution in [2.45, 2.75) is 72.2 Å². The number of rotatable bonds is 12. The molecule has 1 aromatic carbocycles. The minimum absolute atomic E-state index is 0.0154. The monoisotopic (exact) mass is 574 g/mol. The van der Waals surface area contributed by atoms with Gasteiger partial charge in [0.25, 0.3) is 0 Å². The van der Waals surface area contributed by atoms with Gasteiger partial charge in [0.15, 0.2) is 0 Å². The van der Waals surface area contributed by atoms with Crippen LogP contribution in [0.25, 0.3) is 10.4 Å². The highest BCUT2D eigenvalue weighted by molar-refractivity contribution is 7.13. The van der Waals surface area contributed by atoms with Crippen molar-refractivity contribution < 1.29 is 29.0 Å². The van der Waals surface area contributed by atoms with Gasteiger partial charge >= 0.3 is 0 Å². The van der Waals surface area contributed by atoms with Crippen LogP contribution in [-0.4, -0.2) is 83.9 Å². The minimum Gasteiger partial charge on any atom is -0.391 e. The summed E-state index contributed by atoms with van der Waals surface area (Å²) in [5.41, 5.74) is 4.13. The number of benzene rings is 1. The number of aromatic nitrogens is 1. The molecule has 4 atom stereocenters. The van der Waals surface area contributed by atoms with Gasteiger partial charge in [-0.1, -0.05) is 45.0 Å². The molecule has 2 aromatic rings. The molecule has 1 aliphatic heterocycles. The number of nitrogens with one attached hydrogen (secondary N) is 2. The Morgan fingerprint density at radius 2 is 1.82 bits per heavy atom. The average Bonchev–Trinajstić information content (AvgIpc) is 3.51. The van der Waals surface area contributed by atoms with Crippen LogP contribution in [0.2, 0.25) is 0 Å². The second-order valence-corrected chi connectivity index (χ2v) is 12.0. The second-order valence-electron chi connectivity index (χ2n) is 11.1. The third-order valence-electron chi connectivity index (χ3n) is 6.87. The number of carbonyl (C=O) groups is 3. The Morgan fingerprint density at radius 3 is 2.42 bits per heavy atom. The van der Waals surface area contributed by atoms with Gasteiger partial charge in [0.05, 0.1) is 41.4 Å². The van der Waals surface area contributed by atoms with Gasteiger partial charge in [-0.05, 0) is 37.3 Å². The summed E-state index contributed by atoms with van der Waals surface area (Å²) in [5, 5.41) is 16.2. The van der Waals surface area contributed by atoms with Gasteiger partial charge in [0.1, 0.15) is 18.7 Å². The molecule has 220 valence electrons. The van der Waals surface area contributed by atoms with Crippen LogP contribution in [0.15, 0.2) is 29.8 Å². The lowest BCUT2D eigenvalue weighted by atomic mass is 9.85. The number of thiazole rings is 1. The van der Waals surface area contributed by atoms with Crippen molar-refractivity contribution in [3.8, 4) is 10.4 Å². The van der Waals surface area contributed by atoms with Crippen LogP contribution in [0, 0.1) is 12.3 Å². The molecular formula is C29H42N4O6S. The predicted octanol–water partition coefficient (Wildman–Crippen LogP) is 2.84. The number of aliphatic hydroxyl groups is 1. The molecule has 0 aliphatic carbocycles. The normalized spacial score (nSPS) is 18.8. The average molecular weight is 575 g/mol. The summed E-state index contributed by atoms with van der Waals surface area (Å²) in [6.45, 7) is 12.3. The van der Waals surface area contributed by atoms with Gasteiger partial charge in [-0.3, -0.25) is 14.4 Å². The van der Waals surface area contributed by atoms with E-state index in [2.05, 4.69) is 15.6 Å². The number of likely N-dealkylation sites (tertiary alicyclic amines) is 1. The number of hydrogen-bond donors (Lipinski definition) is 3. The molecule has 40 heavy (non-hydrogen) atoms. The Bertz CT molecular complexity index is 1150. The van der Waals surface area contributed by atoms with Crippen molar-refractivity contribution in [2.24, 2.45) is 5.41 Å². The van der Waals surface area contributed by atoms with E-state index >= 15 is 0 Å². The molecule has 0 spiro atoms. The first-order valence-corrected chi connectivity index (χ1v) is 14.5. The number of β-amino-alcohol motifs (C(OH)–C–C–N with tert-alkyl or cyclic N) is 1. The second kappa shape index (κ2) is 14.2. The molecule has 1 aliphatic rings. The first-order valence-electron chi connectivity index (χ1n) is 13.7. The van der Waals surface area contributed by atoms with E-state index in [0.717, 1.165) is 21.7 Å². The maximum Gasteiger partial charge on any atom is 0.246 e. The standard InChI is InChI=1S/C29H42N4O6S/c1-7-38-12-13-39-16-24(35)32-26(29(4,5)6)28(37)33-15-22(34)14-23(33)27(36)31-18(2)20-8-10-21(11-9-20)25-19(3)30-17-40-25/h8-11,17-18,22-23,26,34H,7,12-16H2,1-6H3,(H,31,36)(H,32,35)/t18-,22+,23-,26+/m0/s1. The largest absolute Gasteiger partial charge is 0.391 e. The number of nitrogens with zero attached hydrogens (tertiary/aromatic N) is 2. The SMILES string of the molecule is CCOCCOCC(=O)N[C@H](C(=O)N1C[C@H](O)C[C@H]1C(=O)N[C@@H](C)c1ccc(-c2scnc2C)cc1)C(C)(C)C. The van der Waals surface area contributed by atoms with Crippen LogP contribution >= 0.6 is 11.3 Å². The van der Waals surface area contributed by atoms with Crippen LogP contribution in [0.1, 0.15) is 58.3 Å². The van der Waals surface area contributed by atoms with Gasteiger partial charge in [0.2, 0.25) is 17.7 Å². The number of hydrogen-bond acceptors (Lipinski definition) is 8. The Kier molecular flexibility index (Phi) is 11.2. The molecular weight excluding hydrogens is 532 g/mol. The van der Waals surface area contributed by atoms with Crippen LogP contribution in [0.3, 0.4) is 0 Å². The van der Waals surface area contributed by atoms with Gasteiger partial charge in [0, 0.05) is 19.6 Å². The number of amides is 3. The predicted molar refractivity (Wildman–Crippen MR) is 154 cm³/mol. The first-order chi connectivity index (χ1) is 18.9. The lowest BCUT2D eigenvalue weighted by Crippen LogP contribution is -2.58. The summed E-state index contributed by atoms with van der Waals surface area (Å²) in [4.78, 5) is 46.4. The lowest BCUT2D eigenvalue weighted by Gasteiger charge is -2.35. The Balaban J connectivity index is 1.65. The third kappa shape index (κ3) is 8.33. The number of ether oxygens (including phenoxy) is 2. The molecule has 0 saturated carbocycles. The van der Waals surface area contributed by atoms with Gasteiger partial charge in [-0.2, -0.15) is 0 Å². The molecule has 1 fully saturated rings. The van der Waals surface area contributed by atoms with E-state index in [1.54, 1.807) is 11.3 Å². The zero-order chi connectivity index (χ0) is 29.4. The van der Waals surface area contributed by atoms with Gasteiger partial charge < -0.3 is 30.1 Å². The van der Waals surface area contributed by atoms with Crippen molar-refractivity contribution in [1.29, 1.82) is 0 Å². The molecule has 1 aromatic heterocycles. The molecule has 0 radical (unpaired) electrons. The molecule has 2 heterocycles. The number of aryl methyl sites for hydroxylation is 1. The van der Waals surface area contributed by atoms with Crippen LogP contribution in [0.4, 0.5) is 0 Å². The highest BCUT2D eigenvalue weighted by Gasteiger charge is 2.44. The minimum atomic E-state index is -0.906. The quantitative estimate of drug-likeness (QED) is 0.333. The smallest absolute Gasteiger partial charge is 0.246 e. The van der Waals surface area contributed by atoms with Gasteiger partial charge in [-0.15, -0.1) is 11.3 Å². The van der Waals surface area contributed by atoms with Crippen molar-refractivity contribution in [3.63, 3.8) is 0 Å². The van der Waals surface area contributed by atoms with E-state index in [1.807, 2.05) is 71.3 Å². The third-order valence-corrected chi connectivity index (χ3v) is 7.85. The Hall–Kier alpha value is -2.86. The van der Waals surface area contributed by atoms with E-state index < -0.39 is 35.4 Å². The summed E-state index contributed by atoms with van der Waals surface area (Å²) < 4.78 is 10.5. The molecule has 0 bridgehead atoms. The number of aliphatic hydroxyl groups excluding tert-OH is 1. The molecule has 3 rings (SSSR count). The van der Waals surface area contributed by atoms with E-state index in [0.29, 0.717) is 13.2 Å². The molecule has 3 amide bonds. The summed E-state index contributed by atoms with van der Waals surface area (Å²) in [7, 11) is 0. The van der Waals surface area contributed by atoms with E-state index in [1.165, 1.54) is 4.90 Å².